The number of nitrogens with zero attached hydrogens (tertiary/aromatic N) is 3. The number of hydrogen-bond acceptors (Lipinski definition) is 3. The summed E-state index contributed by atoms with van der Waals surface area (Å²) in [4.78, 5) is 12.8. The number of carboxylic acids is 1. The number of aryl methyl sites for hydroxylation is 1. The van der Waals surface area contributed by atoms with E-state index in [1.165, 1.54) is 4.68 Å². The summed E-state index contributed by atoms with van der Waals surface area (Å²) >= 11 is 0. The van der Waals surface area contributed by atoms with Crippen LogP contribution in [0, 0.1) is 0 Å². The van der Waals surface area contributed by atoms with Crippen LogP contribution in [0.2, 0.25) is 0 Å². The molecule has 0 fully saturated rings. The van der Waals surface area contributed by atoms with Gasteiger partial charge in [0.15, 0.2) is 5.82 Å². The number of carbonyl (C=O) groups is 1. The van der Waals surface area contributed by atoms with Crippen molar-refractivity contribution in [2.45, 2.75) is 13.8 Å². The van der Waals surface area contributed by atoms with Gasteiger partial charge in [0.25, 0.3) is 0 Å². The molecule has 0 aliphatic carbocycles. The van der Waals surface area contributed by atoms with E-state index in [0.29, 0.717) is 0 Å². The second kappa shape index (κ2) is 4.13. The summed E-state index contributed by atoms with van der Waals surface area (Å²) in [5.74, 6) is -0.228. The number of hydrogen-bond donors (Lipinski definition) is 1. The quantitative estimate of drug-likeness (QED) is 0.781. The molecule has 14 heavy (non-hydrogen) atoms. The second-order valence-corrected chi connectivity index (χ2v) is 2.99. The van der Waals surface area contributed by atoms with E-state index in [9.17, 15) is 4.79 Å². The Hall–Kier alpha value is -1.52. The normalized spacial score (nSPS) is 10.2. The van der Waals surface area contributed by atoms with Crippen LogP contribution in [0.1, 0.15) is 24.3 Å². The van der Waals surface area contributed by atoms with Crippen LogP contribution in [0.25, 0.3) is 0 Å². The molecule has 1 aromatic heterocycles. The molecule has 0 saturated carbocycles. The molecule has 5 nitrogen and oxygen atoms in total. The SMILES string of the molecule is CCN(CC)c1cc(C(=O)O)n(C)n1. The monoisotopic (exact) mass is 197 g/mol. The lowest BCUT2D eigenvalue weighted by Gasteiger charge is -2.16. The largest absolute Gasteiger partial charge is 0.477 e. The summed E-state index contributed by atoms with van der Waals surface area (Å²) in [5.41, 5.74) is 0.215. The summed E-state index contributed by atoms with van der Waals surface area (Å²) < 4.78 is 1.38. The minimum atomic E-state index is -0.946. The minimum absolute atomic E-state index is 0.215. The van der Waals surface area contributed by atoms with Gasteiger partial charge in [0, 0.05) is 26.2 Å². The molecule has 0 aromatic carbocycles. The fourth-order valence-electron chi connectivity index (χ4n) is 1.35. The smallest absolute Gasteiger partial charge is 0.354 e. The van der Waals surface area contributed by atoms with E-state index < -0.39 is 5.97 Å². The van der Waals surface area contributed by atoms with Gasteiger partial charge in [-0.05, 0) is 13.8 Å². The first-order chi connectivity index (χ1) is 6.60. The third-order valence-electron chi connectivity index (χ3n) is 2.17. The number of anilines is 1. The molecule has 78 valence electrons. The molecule has 0 saturated heterocycles. The van der Waals surface area contributed by atoms with Crippen LogP contribution >= 0.6 is 0 Å². The molecular weight excluding hydrogens is 182 g/mol. The van der Waals surface area contributed by atoms with Crippen molar-refractivity contribution >= 4 is 11.8 Å². The molecule has 1 N–H and O–H groups in total. The number of rotatable bonds is 4. The predicted molar refractivity (Wildman–Crippen MR) is 53.7 cm³/mol. The minimum Gasteiger partial charge on any atom is -0.477 e. The van der Waals surface area contributed by atoms with Crippen molar-refractivity contribution in [3.63, 3.8) is 0 Å². The first kappa shape index (κ1) is 10.6. The molecule has 0 spiro atoms. The predicted octanol–water partition coefficient (Wildman–Crippen LogP) is 0.965. The van der Waals surface area contributed by atoms with Gasteiger partial charge in [-0.25, -0.2) is 4.79 Å². The van der Waals surface area contributed by atoms with Gasteiger partial charge in [0.2, 0.25) is 0 Å². The first-order valence-electron chi connectivity index (χ1n) is 4.62. The average molecular weight is 197 g/mol. The third kappa shape index (κ3) is 1.86. The average Bonchev–Trinajstić information content (AvgIpc) is 2.50. The van der Waals surface area contributed by atoms with Gasteiger partial charge < -0.3 is 10.0 Å². The summed E-state index contributed by atoms with van der Waals surface area (Å²) in [6, 6.07) is 1.59. The van der Waals surface area contributed by atoms with E-state index in [-0.39, 0.29) is 5.69 Å². The zero-order valence-electron chi connectivity index (χ0n) is 8.69. The molecule has 0 amide bonds. The van der Waals surface area contributed by atoms with E-state index in [1.54, 1.807) is 13.1 Å². The molecule has 0 radical (unpaired) electrons. The van der Waals surface area contributed by atoms with Gasteiger partial charge in [-0.1, -0.05) is 0 Å². The highest BCUT2D eigenvalue weighted by Gasteiger charge is 2.14. The molecular formula is C9H15N3O2. The van der Waals surface area contributed by atoms with E-state index in [2.05, 4.69) is 5.10 Å². The Morgan fingerprint density at radius 3 is 2.50 bits per heavy atom. The fourth-order valence-corrected chi connectivity index (χ4v) is 1.35. The van der Waals surface area contributed by atoms with Crippen molar-refractivity contribution in [1.29, 1.82) is 0 Å². The Morgan fingerprint density at radius 1 is 1.57 bits per heavy atom. The van der Waals surface area contributed by atoms with Crippen LogP contribution in [-0.4, -0.2) is 33.9 Å². The van der Waals surface area contributed by atoms with Crippen molar-refractivity contribution < 1.29 is 9.90 Å². The first-order valence-corrected chi connectivity index (χ1v) is 4.62. The van der Waals surface area contributed by atoms with Gasteiger partial charge in [0.05, 0.1) is 0 Å². The van der Waals surface area contributed by atoms with Crippen LogP contribution in [0.4, 0.5) is 5.82 Å². The molecule has 0 bridgehead atoms. The van der Waals surface area contributed by atoms with Crippen LogP contribution < -0.4 is 4.90 Å². The number of aromatic nitrogens is 2. The maximum absolute atomic E-state index is 10.8. The maximum Gasteiger partial charge on any atom is 0.354 e. The summed E-state index contributed by atoms with van der Waals surface area (Å²) in [6.07, 6.45) is 0. The molecule has 0 aliphatic heterocycles. The highest BCUT2D eigenvalue weighted by Crippen LogP contribution is 2.13. The Balaban J connectivity index is 3.01. The molecule has 1 aromatic rings. The van der Waals surface area contributed by atoms with Gasteiger partial charge in [-0.3, -0.25) is 4.68 Å². The molecule has 1 heterocycles. The van der Waals surface area contributed by atoms with Crippen molar-refractivity contribution in [2.24, 2.45) is 7.05 Å². The van der Waals surface area contributed by atoms with Gasteiger partial charge in [-0.15, -0.1) is 0 Å². The lowest BCUT2D eigenvalue weighted by Crippen LogP contribution is -2.22. The lowest BCUT2D eigenvalue weighted by atomic mass is 10.4. The third-order valence-corrected chi connectivity index (χ3v) is 2.17. The van der Waals surface area contributed by atoms with E-state index in [0.717, 1.165) is 18.9 Å². The fraction of sp³-hybridized carbons (Fsp3) is 0.556. The number of carboxylic acid groups (broad SMARTS) is 1. The Morgan fingerprint density at radius 2 is 2.14 bits per heavy atom. The van der Waals surface area contributed by atoms with Crippen LogP contribution in [0.15, 0.2) is 6.07 Å². The van der Waals surface area contributed by atoms with Crippen molar-refractivity contribution in [2.75, 3.05) is 18.0 Å². The van der Waals surface area contributed by atoms with E-state index in [4.69, 9.17) is 5.11 Å². The van der Waals surface area contributed by atoms with E-state index >= 15 is 0 Å². The van der Waals surface area contributed by atoms with Crippen LogP contribution in [0.5, 0.6) is 0 Å². The number of aromatic carboxylic acids is 1. The van der Waals surface area contributed by atoms with Crippen molar-refractivity contribution in [1.82, 2.24) is 9.78 Å². The van der Waals surface area contributed by atoms with Crippen molar-refractivity contribution in [3.8, 4) is 0 Å². The van der Waals surface area contributed by atoms with Gasteiger partial charge in [-0.2, -0.15) is 5.10 Å². The maximum atomic E-state index is 10.8. The summed E-state index contributed by atoms with van der Waals surface area (Å²) in [6.45, 7) is 5.68. The second-order valence-electron chi connectivity index (χ2n) is 2.99. The Labute approximate surface area is 82.9 Å². The highest BCUT2D eigenvalue weighted by atomic mass is 16.4. The van der Waals surface area contributed by atoms with Crippen LogP contribution in [0.3, 0.4) is 0 Å². The lowest BCUT2D eigenvalue weighted by molar-refractivity contribution is 0.0685. The standard InChI is InChI=1S/C9H15N3O2/c1-4-12(5-2)8-6-7(9(13)14)11(3)10-8/h6H,4-5H2,1-3H3,(H,13,14). The highest BCUT2D eigenvalue weighted by molar-refractivity contribution is 5.86. The molecule has 0 aliphatic rings. The molecule has 1 rings (SSSR count). The van der Waals surface area contributed by atoms with Crippen molar-refractivity contribution in [3.05, 3.63) is 11.8 Å². The van der Waals surface area contributed by atoms with Crippen LogP contribution in [-0.2, 0) is 7.05 Å². The zero-order chi connectivity index (χ0) is 10.7. The summed E-state index contributed by atoms with van der Waals surface area (Å²) in [5, 5.41) is 13.0. The zero-order valence-corrected chi connectivity index (χ0v) is 8.69. The molecule has 5 heteroatoms. The summed E-state index contributed by atoms with van der Waals surface area (Å²) in [7, 11) is 1.64. The Bertz CT molecular complexity index is 329. The van der Waals surface area contributed by atoms with E-state index in [1.807, 2.05) is 18.7 Å². The van der Waals surface area contributed by atoms with Gasteiger partial charge >= 0.3 is 5.97 Å². The van der Waals surface area contributed by atoms with Gasteiger partial charge in [0.1, 0.15) is 5.69 Å². The topological polar surface area (TPSA) is 58.4 Å². The molecule has 0 atom stereocenters. The molecule has 0 unspecified atom stereocenters. The Kier molecular flexibility index (Phi) is 3.11.